The molecule has 168 valence electrons. The van der Waals surface area contributed by atoms with Crippen molar-refractivity contribution in [3.05, 3.63) is 52.4 Å². The second kappa shape index (κ2) is 7.77. The number of alkyl halides is 3. The molecule has 3 aromatic rings. The van der Waals surface area contributed by atoms with Crippen LogP contribution < -0.4 is 5.32 Å². The fourth-order valence-electron chi connectivity index (χ4n) is 3.67. The number of aromatic nitrogens is 4. The van der Waals surface area contributed by atoms with Crippen LogP contribution in [0, 0.1) is 6.92 Å². The molecule has 0 atom stereocenters. The van der Waals surface area contributed by atoms with Gasteiger partial charge in [0.2, 0.25) is 0 Å². The molecule has 11 heteroatoms. The van der Waals surface area contributed by atoms with Crippen molar-refractivity contribution in [1.29, 1.82) is 0 Å². The summed E-state index contributed by atoms with van der Waals surface area (Å²) in [5.74, 6) is -0.536. The Kier molecular flexibility index (Phi) is 5.36. The Hall–Kier alpha value is -3.14. The van der Waals surface area contributed by atoms with Crippen molar-refractivity contribution in [2.24, 2.45) is 12.0 Å². The molecule has 0 radical (unpaired) electrons. The fourth-order valence-corrected chi connectivity index (χ4v) is 3.87. The number of amides is 1. The van der Waals surface area contributed by atoms with Gasteiger partial charge in [0.1, 0.15) is 5.56 Å². The zero-order valence-electron chi connectivity index (χ0n) is 17.5. The second-order valence-electron chi connectivity index (χ2n) is 7.77. The van der Waals surface area contributed by atoms with Crippen molar-refractivity contribution in [2.75, 3.05) is 7.05 Å². The summed E-state index contributed by atoms with van der Waals surface area (Å²) in [6, 6.07) is 4.85. The molecule has 2 aromatic heterocycles. The topological polar surface area (TPSA) is 77.1 Å². The lowest BCUT2D eigenvalue weighted by molar-refractivity contribution is -0.138. The van der Waals surface area contributed by atoms with Gasteiger partial charge in [-0.2, -0.15) is 23.4 Å². The molecule has 32 heavy (non-hydrogen) atoms. The Morgan fingerprint density at radius 3 is 2.66 bits per heavy atom. The van der Waals surface area contributed by atoms with Crippen LogP contribution in [-0.2, 0) is 13.2 Å². The standard InChI is InChI=1S/C21H20ClF3N6O/c1-12-17(21(23,24)25)19(30(3)29-12)31-10-14(9-27-31)13-4-5-16(22)15(8-13)18(32)28-20(6-7-20)11-26-2/h4-5,8-11H,6-7H2,1-3H3,(H,28,32). The maximum absolute atomic E-state index is 13.6. The predicted molar refractivity (Wildman–Crippen MR) is 114 cm³/mol. The number of nitrogens with zero attached hydrogens (tertiary/aromatic N) is 5. The first-order valence-corrected chi connectivity index (χ1v) is 10.1. The summed E-state index contributed by atoms with van der Waals surface area (Å²) in [5.41, 5.74) is -0.0481. The van der Waals surface area contributed by atoms with E-state index in [0.29, 0.717) is 11.1 Å². The van der Waals surface area contributed by atoms with Gasteiger partial charge in [-0.15, -0.1) is 0 Å². The van der Waals surface area contributed by atoms with E-state index in [1.165, 1.54) is 26.4 Å². The van der Waals surface area contributed by atoms with E-state index in [9.17, 15) is 18.0 Å². The van der Waals surface area contributed by atoms with Crippen LogP contribution in [0.5, 0.6) is 0 Å². The van der Waals surface area contributed by atoms with Gasteiger partial charge >= 0.3 is 6.18 Å². The predicted octanol–water partition coefficient (Wildman–Crippen LogP) is 4.22. The van der Waals surface area contributed by atoms with E-state index in [1.54, 1.807) is 31.5 Å². The second-order valence-corrected chi connectivity index (χ2v) is 8.18. The van der Waals surface area contributed by atoms with Gasteiger partial charge in [-0.3, -0.25) is 14.5 Å². The Labute approximate surface area is 186 Å². The molecule has 0 spiro atoms. The normalized spacial score (nSPS) is 15.3. The van der Waals surface area contributed by atoms with Crippen molar-refractivity contribution in [3.63, 3.8) is 0 Å². The maximum Gasteiger partial charge on any atom is 0.421 e. The highest BCUT2D eigenvalue weighted by Gasteiger charge is 2.43. The summed E-state index contributed by atoms with van der Waals surface area (Å²) >= 11 is 6.25. The fraction of sp³-hybridized carbons (Fsp3) is 0.333. The van der Waals surface area contributed by atoms with E-state index < -0.39 is 17.3 Å². The number of benzene rings is 1. The van der Waals surface area contributed by atoms with Crippen molar-refractivity contribution in [1.82, 2.24) is 24.9 Å². The zero-order valence-corrected chi connectivity index (χ0v) is 18.3. The maximum atomic E-state index is 13.6. The Balaban J connectivity index is 1.68. The number of carbonyl (C=O) groups is 1. The molecule has 1 amide bonds. The van der Waals surface area contributed by atoms with Gasteiger partial charge in [-0.1, -0.05) is 17.7 Å². The van der Waals surface area contributed by atoms with E-state index in [4.69, 9.17) is 11.6 Å². The molecule has 1 N–H and O–H groups in total. The van der Waals surface area contributed by atoms with Gasteiger partial charge in [0.05, 0.1) is 28.0 Å². The lowest BCUT2D eigenvalue weighted by Crippen LogP contribution is -2.38. The molecule has 1 aromatic carbocycles. The van der Waals surface area contributed by atoms with Gasteiger partial charge in [0, 0.05) is 32.1 Å². The third kappa shape index (κ3) is 4.02. The number of aliphatic imine (C=N–C) groups is 1. The molecule has 1 aliphatic rings. The highest BCUT2D eigenvalue weighted by atomic mass is 35.5. The molecular formula is C21H20ClF3N6O. The van der Waals surface area contributed by atoms with Crippen LogP contribution in [0.4, 0.5) is 13.2 Å². The summed E-state index contributed by atoms with van der Waals surface area (Å²) in [6.45, 7) is 1.30. The van der Waals surface area contributed by atoms with E-state index in [-0.39, 0.29) is 28.0 Å². The van der Waals surface area contributed by atoms with Crippen LogP contribution >= 0.6 is 11.6 Å². The van der Waals surface area contributed by atoms with E-state index in [2.05, 4.69) is 20.5 Å². The molecule has 1 aliphatic carbocycles. The molecule has 7 nitrogen and oxygen atoms in total. The highest BCUT2D eigenvalue weighted by molar-refractivity contribution is 6.34. The molecule has 0 saturated heterocycles. The Bertz CT molecular complexity index is 1220. The highest BCUT2D eigenvalue weighted by Crippen LogP contribution is 2.37. The zero-order chi connectivity index (χ0) is 23.3. The number of rotatable bonds is 5. The average molecular weight is 465 g/mol. The van der Waals surface area contributed by atoms with E-state index in [1.807, 2.05) is 0 Å². The smallest absolute Gasteiger partial charge is 0.342 e. The lowest BCUT2D eigenvalue weighted by atomic mass is 10.1. The molecule has 0 unspecified atom stereocenters. The quantitative estimate of drug-likeness (QED) is 0.574. The van der Waals surface area contributed by atoms with Crippen LogP contribution in [0.3, 0.4) is 0 Å². The number of carbonyl (C=O) groups excluding carboxylic acids is 1. The van der Waals surface area contributed by atoms with Gasteiger partial charge in [0.25, 0.3) is 5.91 Å². The summed E-state index contributed by atoms with van der Waals surface area (Å²) < 4.78 is 42.9. The number of halogens is 4. The number of hydrogen-bond acceptors (Lipinski definition) is 4. The van der Waals surface area contributed by atoms with Crippen LogP contribution in [0.1, 0.15) is 34.5 Å². The molecule has 0 bridgehead atoms. The minimum absolute atomic E-state index is 0.137. The third-order valence-electron chi connectivity index (χ3n) is 5.35. The Morgan fingerprint density at radius 1 is 1.31 bits per heavy atom. The van der Waals surface area contributed by atoms with Gasteiger partial charge in [-0.05, 0) is 37.5 Å². The summed E-state index contributed by atoms with van der Waals surface area (Å²) in [5, 5.41) is 11.2. The number of aryl methyl sites for hydroxylation is 2. The van der Waals surface area contributed by atoms with Gasteiger partial charge in [-0.25, -0.2) is 4.68 Å². The summed E-state index contributed by atoms with van der Waals surface area (Å²) in [7, 11) is 3.07. The third-order valence-corrected chi connectivity index (χ3v) is 5.68. The Morgan fingerprint density at radius 2 is 2.03 bits per heavy atom. The largest absolute Gasteiger partial charge is 0.421 e. The van der Waals surface area contributed by atoms with Crippen molar-refractivity contribution >= 4 is 23.7 Å². The first-order valence-electron chi connectivity index (χ1n) is 9.76. The van der Waals surface area contributed by atoms with Crippen LogP contribution in [0.15, 0.2) is 35.6 Å². The molecule has 1 saturated carbocycles. The van der Waals surface area contributed by atoms with Crippen molar-refractivity contribution in [2.45, 2.75) is 31.5 Å². The summed E-state index contributed by atoms with van der Waals surface area (Å²) in [6.07, 6.45) is 1.62. The summed E-state index contributed by atoms with van der Waals surface area (Å²) in [4.78, 5) is 16.8. The molecule has 4 rings (SSSR count). The van der Waals surface area contributed by atoms with Gasteiger partial charge < -0.3 is 5.32 Å². The first-order chi connectivity index (χ1) is 15.0. The lowest BCUT2D eigenvalue weighted by Gasteiger charge is -2.13. The minimum Gasteiger partial charge on any atom is -0.342 e. The van der Waals surface area contributed by atoms with Gasteiger partial charge in [0.15, 0.2) is 5.82 Å². The number of nitrogens with one attached hydrogen (secondary N) is 1. The minimum atomic E-state index is -4.58. The van der Waals surface area contributed by atoms with E-state index >= 15 is 0 Å². The average Bonchev–Trinajstić information content (AvgIpc) is 3.14. The SMILES string of the molecule is CN=CC1(NC(=O)c2cc(-c3cnn(-c4c(C(F)(F)F)c(C)nn4C)c3)ccc2Cl)CC1. The van der Waals surface area contributed by atoms with Crippen LogP contribution in [-0.4, -0.2) is 44.3 Å². The molecule has 1 fully saturated rings. The molecule has 0 aliphatic heterocycles. The van der Waals surface area contributed by atoms with Crippen LogP contribution in [0.25, 0.3) is 16.9 Å². The van der Waals surface area contributed by atoms with Crippen molar-refractivity contribution < 1.29 is 18.0 Å². The molecular weight excluding hydrogens is 445 g/mol. The van der Waals surface area contributed by atoms with Crippen LogP contribution in [0.2, 0.25) is 5.02 Å². The first kappa shape index (κ1) is 22.1. The van der Waals surface area contributed by atoms with E-state index in [0.717, 1.165) is 22.2 Å². The molecule has 2 heterocycles. The van der Waals surface area contributed by atoms with Crippen molar-refractivity contribution in [3.8, 4) is 16.9 Å². The monoisotopic (exact) mass is 464 g/mol. The number of hydrogen-bond donors (Lipinski definition) is 1.